The minimum Gasteiger partial charge on any atom is -0.494 e. The molecule has 0 heterocycles. The van der Waals surface area contributed by atoms with Gasteiger partial charge in [-0.3, -0.25) is 5.32 Å². The number of hydrogen-bond donors (Lipinski definition) is 4. The van der Waals surface area contributed by atoms with Crippen molar-refractivity contribution in [2.45, 2.75) is 37.9 Å². The summed E-state index contributed by atoms with van der Waals surface area (Å²) in [6.07, 6.45) is -1.07. The molecule has 3 rings (SSSR count). The normalized spacial score (nSPS) is 15.2. The van der Waals surface area contributed by atoms with Crippen LogP contribution in [0.15, 0.2) is 24.3 Å². The highest BCUT2D eigenvalue weighted by Gasteiger charge is 2.48. The SMILES string of the molecule is COc1cc(F)c(F)c(Nc2ccc(C)cc2F)c1NC(=O)OC1(CC(O)CO)CC1. The third-order valence-corrected chi connectivity index (χ3v) is 4.95. The van der Waals surface area contributed by atoms with Gasteiger partial charge in [-0.1, -0.05) is 6.07 Å². The van der Waals surface area contributed by atoms with Crippen LogP contribution in [0.4, 0.5) is 35.0 Å². The lowest BCUT2D eigenvalue weighted by atomic mass is 10.1. The van der Waals surface area contributed by atoms with Crippen LogP contribution in [0, 0.1) is 24.4 Å². The Hall–Kier alpha value is -2.98. The Morgan fingerprint density at radius 1 is 1.19 bits per heavy atom. The summed E-state index contributed by atoms with van der Waals surface area (Å²) in [4.78, 5) is 12.5. The van der Waals surface area contributed by atoms with Gasteiger partial charge >= 0.3 is 6.09 Å². The van der Waals surface area contributed by atoms with Crippen LogP contribution in [0.5, 0.6) is 5.75 Å². The lowest BCUT2D eigenvalue weighted by Gasteiger charge is -2.21. The Labute approximate surface area is 176 Å². The zero-order valence-corrected chi connectivity index (χ0v) is 17.0. The standard InChI is InChI=1S/C21H23F3N2O5/c1-11-3-4-15(13(22)7-11)25-19-17(24)14(23)8-16(30-2)18(19)26-20(29)31-21(5-6-21)9-12(28)10-27/h3-4,7-8,12,25,27-28H,5-6,9-10H2,1-2H3,(H,26,29). The van der Waals surface area contributed by atoms with Crippen LogP contribution in [0.3, 0.4) is 0 Å². The Bertz CT molecular complexity index is 982. The molecule has 1 aliphatic rings. The largest absolute Gasteiger partial charge is 0.494 e. The average molecular weight is 440 g/mol. The summed E-state index contributed by atoms with van der Waals surface area (Å²) in [7, 11) is 1.19. The molecule has 7 nitrogen and oxygen atoms in total. The third kappa shape index (κ3) is 5.20. The van der Waals surface area contributed by atoms with Crippen LogP contribution in [0.25, 0.3) is 0 Å². The van der Waals surface area contributed by atoms with Crippen molar-refractivity contribution < 1.29 is 37.7 Å². The summed E-state index contributed by atoms with van der Waals surface area (Å²) in [5, 5.41) is 23.4. The van der Waals surface area contributed by atoms with Crippen molar-refractivity contribution in [3.8, 4) is 5.75 Å². The molecule has 0 bridgehead atoms. The summed E-state index contributed by atoms with van der Waals surface area (Å²) in [5.41, 5.74) is -1.30. The number of aliphatic hydroxyl groups excluding tert-OH is 2. The summed E-state index contributed by atoms with van der Waals surface area (Å²) in [5.74, 6) is -3.54. The predicted molar refractivity (Wildman–Crippen MR) is 107 cm³/mol. The van der Waals surface area contributed by atoms with Crippen molar-refractivity contribution in [1.82, 2.24) is 0 Å². The van der Waals surface area contributed by atoms with Gasteiger partial charge in [0.25, 0.3) is 0 Å². The number of halogens is 3. The van der Waals surface area contributed by atoms with Gasteiger partial charge in [-0.25, -0.2) is 18.0 Å². The van der Waals surface area contributed by atoms with Crippen LogP contribution < -0.4 is 15.4 Å². The van der Waals surface area contributed by atoms with E-state index in [2.05, 4.69) is 10.6 Å². The van der Waals surface area contributed by atoms with Gasteiger partial charge in [0.05, 0.1) is 25.5 Å². The number of hydrogen-bond acceptors (Lipinski definition) is 6. The lowest BCUT2D eigenvalue weighted by molar-refractivity contribution is 0.0216. The number of anilines is 3. The maximum Gasteiger partial charge on any atom is 0.412 e. The zero-order valence-electron chi connectivity index (χ0n) is 17.0. The number of aliphatic hydroxyl groups is 2. The van der Waals surface area contributed by atoms with E-state index in [9.17, 15) is 23.1 Å². The topological polar surface area (TPSA) is 100 Å². The van der Waals surface area contributed by atoms with E-state index in [0.29, 0.717) is 18.4 Å². The first-order chi connectivity index (χ1) is 14.7. The van der Waals surface area contributed by atoms with Crippen LogP contribution in [0.2, 0.25) is 0 Å². The highest BCUT2D eigenvalue weighted by atomic mass is 19.2. The molecule has 4 N–H and O–H groups in total. The fraction of sp³-hybridized carbons (Fsp3) is 0.381. The average Bonchev–Trinajstić information content (AvgIpc) is 3.47. The van der Waals surface area contributed by atoms with E-state index in [1.54, 1.807) is 13.0 Å². The van der Waals surface area contributed by atoms with Crippen LogP contribution >= 0.6 is 0 Å². The highest BCUT2D eigenvalue weighted by Crippen LogP contribution is 2.45. The van der Waals surface area contributed by atoms with Gasteiger partial charge in [0.15, 0.2) is 11.6 Å². The molecule has 1 aliphatic carbocycles. The van der Waals surface area contributed by atoms with Gasteiger partial charge in [0.1, 0.15) is 28.5 Å². The van der Waals surface area contributed by atoms with E-state index in [4.69, 9.17) is 14.6 Å². The Kier molecular flexibility index (Phi) is 6.61. The van der Waals surface area contributed by atoms with Gasteiger partial charge < -0.3 is 25.0 Å². The maximum atomic E-state index is 14.6. The third-order valence-electron chi connectivity index (χ3n) is 4.95. The second-order valence-electron chi connectivity index (χ2n) is 7.47. The second kappa shape index (κ2) is 9.03. The number of benzene rings is 2. The molecule has 0 radical (unpaired) electrons. The van der Waals surface area contributed by atoms with Crippen LogP contribution in [-0.4, -0.2) is 41.7 Å². The van der Waals surface area contributed by atoms with E-state index >= 15 is 0 Å². The summed E-state index contributed by atoms with van der Waals surface area (Å²) >= 11 is 0. The number of methoxy groups -OCH3 is 1. The summed E-state index contributed by atoms with van der Waals surface area (Å²) in [6.45, 7) is 1.18. The Morgan fingerprint density at radius 2 is 1.90 bits per heavy atom. The predicted octanol–water partition coefficient (Wildman–Crippen LogP) is 3.99. The van der Waals surface area contributed by atoms with E-state index in [1.807, 2.05) is 0 Å². The molecule has 2 aromatic rings. The highest BCUT2D eigenvalue weighted by molar-refractivity contribution is 5.94. The fourth-order valence-electron chi connectivity index (χ4n) is 3.17. The first kappa shape index (κ1) is 22.7. The fourth-order valence-corrected chi connectivity index (χ4v) is 3.17. The number of ether oxygens (including phenoxy) is 2. The summed E-state index contributed by atoms with van der Waals surface area (Å²) < 4.78 is 53.4. The van der Waals surface area contributed by atoms with Gasteiger partial charge in [-0.15, -0.1) is 0 Å². The lowest BCUT2D eigenvalue weighted by Crippen LogP contribution is -2.29. The van der Waals surface area contributed by atoms with E-state index in [0.717, 1.165) is 6.07 Å². The smallest absolute Gasteiger partial charge is 0.412 e. The molecule has 31 heavy (non-hydrogen) atoms. The van der Waals surface area contributed by atoms with Crippen molar-refractivity contribution in [3.63, 3.8) is 0 Å². The van der Waals surface area contributed by atoms with Crippen LogP contribution in [0.1, 0.15) is 24.8 Å². The molecule has 1 unspecified atom stereocenters. The van der Waals surface area contributed by atoms with Crippen molar-refractivity contribution in [2.75, 3.05) is 24.4 Å². The number of rotatable bonds is 8. The molecule has 168 valence electrons. The minimum absolute atomic E-state index is 0.0333. The molecule has 0 aliphatic heterocycles. The van der Waals surface area contributed by atoms with Crippen molar-refractivity contribution >= 4 is 23.2 Å². The molecule has 0 aromatic heterocycles. The summed E-state index contributed by atoms with van der Waals surface area (Å²) in [6, 6.07) is 4.87. The number of aryl methyl sites for hydroxylation is 1. The number of carbonyl (C=O) groups is 1. The molecule has 0 saturated heterocycles. The monoisotopic (exact) mass is 440 g/mol. The molecule has 1 fully saturated rings. The molecule has 1 amide bonds. The molecular weight excluding hydrogens is 417 g/mol. The molecule has 0 spiro atoms. The van der Waals surface area contributed by atoms with E-state index < -0.39 is 47.5 Å². The first-order valence-electron chi connectivity index (χ1n) is 9.56. The molecule has 2 aromatic carbocycles. The number of nitrogens with one attached hydrogen (secondary N) is 2. The second-order valence-corrected chi connectivity index (χ2v) is 7.47. The van der Waals surface area contributed by atoms with Crippen molar-refractivity contribution in [1.29, 1.82) is 0 Å². The molecule has 1 atom stereocenters. The van der Waals surface area contributed by atoms with Crippen molar-refractivity contribution in [3.05, 3.63) is 47.3 Å². The zero-order chi connectivity index (χ0) is 22.8. The first-order valence-corrected chi connectivity index (χ1v) is 9.56. The number of amides is 1. The Balaban J connectivity index is 1.90. The molecular formula is C21H23F3N2O5. The van der Waals surface area contributed by atoms with E-state index in [-0.39, 0.29) is 23.5 Å². The molecule has 10 heteroatoms. The molecule has 1 saturated carbocycles. The van der Waals surface area contributed by atoms with Crippen molar-refractivity contribution in [2.24, 2.45) is 0 Å². The van der Waals surface area contributed by atoms with Gasteiger partial charge in [-0.05, 0) is 37.5 Å². The van der Waals surface area contributed by atoms with Gasteiger partial charge in [-0.2, -0.15) is 0 Å². The quantitative estimate of drug-likeness (QED) is 0.495. The van der Waals surface area contributed by atoms with Gasteiger partial charge in [0.2, 0.25) is 0 Å². The van der Waals surface area contributed by atoms with Crippen LogP contribution in [-0.2, 0) is 4.74 Å². The Morgan fingerprint density at radius 3 is 2.48 bits per heavy atom. The van der Waals surface area contributed by atoms with Gasteiger partial charge in [0, 0.05) is 12.5 Å². The number of carbonyl (C=O) groups excluding carboxylic acids is 1. The van der Waals surface area contributed by atoms with E-state index in [1.165, 1.54) is 19.2 Å². The minimum atomic E-state index is -1.35. The maximum absolute atomic E-state index is 14.6.